The van der Waals surface area contributed by atoms with E-state index in [-0.39, 0.29) is 12.3 Å². The van der Waals surface area contributed by atoms with E-state index in [0.717, 1.165) is 12.3 Å². The van der Waals surface area contributed by atoms with Gasteiger partial charge in [-0.2, -0.15) is 18.3 Å². The van der Waals surface area contributed by atoms with E-state index in [2.05, 4.69) is 15.1 Å². The average molecular weight is 377 g/mol. The Morgan fingerprint density at radius 1 is 1.22 bits per heavy atom. The molecular formula is C17H14F3N5O2. The van der Waals surface area contributed by atoms with Crippen molar-refractivity contribution in [2.45, 2.75) is 12.8 Å². The maximum absolute atomic E-state index is 12.6. The quantitative estimate of drug-likeness (QED) is 0.737. The molecule has 0 aliphatic rings. The number of aromatic nitrogens is 4. The summed E-state index contributed by atoms with van der Waals surface area (Å²) in [4.78, 5) is 18.7. The predicted octanol–water partition coefficient (Wildman–Crippen LogP) is 2.57. The summed E-state index contributed by atoms with van der Waals surface area (Å²) in [7, 11) is 1.73. The molecule has 140 valence electrons. The van der Waals surface area contributed by atoms with Crippen molar-refractivity contribution in [2.24, 2.45) is 12.8 Å². The van der Waals surface area contributed by atoms with Crippen LogP contribution in [-0.4, -0.2) is 25.7 Å². The molecule has 3 aromatic rings. The Morgan fingerprint density at radius 3 is 2.56 bits per heavy atom. The van der Waals surface area contributed by atoms with Crippen LogP contribution in [0.4, 0.5) is 13.2 Å². The molecule has 0 bridgehead atoms. The smallest absolute Gasteiger partial charge is 0.433 e. The molecule has 2 N–H and O–H groups in total. The number of primary amides is 1. The number of alkyl halides is 3. The molecule has 0 aromatic carbocycles. The molecule has 0 unspecified atom stereocenters. The van der Waals surface area contributed by atoms with Crippen molar-refractivity contribution in [3.63, 3.8) is 0 Å². The number of nitrogens with zero attached hydrogens (tertiary/aromatic N) is 4. The number of halogens is 3. The number of pyridine rings is 2. The molecule has 0 spiro atoms. The van der Waals surface area contributed by atoms with E-state index >= 15 is 0 Å². The molecule has 0 radical (unpaired) electrons. The molecule has 3 aromatic heterocycles. The van der Waals surface area contributed by atoms with Crippen LogP contribution in [0.5, 0.6) is 5.75 Å². The number of hydrogen-bond acceptors (Lipinski definition) is 5. The summed E-state index contributed by atoms with van der Waals surface area (Å²) in [6.07, 6.45) is 1.22. The molecule has 10 heteroatoms. The van der Waals surface area contributed by atoms with Crippen LogP contribution in [0.3, 0.4) is 0 Å². The van der Waals surface area contributed by atoms with Gasteiger partial charge in [-0.05, 0) is 12.1 Å². The van der Waals surface area contributed by atoms with Gasteiger partial charge in [-0.25, -0.2) is 4.98 Å². The van der Waals surface area contributed by atoms with Crippen LogP contribution in [0.25, 0.3) is 11.1 Å². The maximum Gasteiger partial charge on any atom is 0.433 e. The van der Waals surface area contributed by atoms with Gasteiger partial charge in [-0.15, -0.1) is 0 Å². The summed E-state index contributed by atoms with van der Waals surface area (Å²) in [5.74, 6) is -0.369. The lowest BCUT2D eigenvalue weighted by Gasteiger charge is -2.12. The number of carbonyl (C=O) groups is 1. The fraction of sp³-hybridized carbons (Fsp3) is 0.176. The van der Waals surface area contributed by atoms with Crippen molar-refractivity contribution in [1.82, 2.24) is 19.7 Å². The first kappa shape index (κ1) is 18.4. The minimum Gasteiger partial charge on any atom is -0.487 e. The third-order valence-electron chi connectivity index (χ3n) is 3.65. The Bertz CT molecular complexity index is 967. The number of carbonyl (C=O) groups excluding carboxylic acids is 1. The second-order valence-corrected chi connectivity index (χ2v) is 5.67. The topological polar surface area (TPSA) is 95.9 Å². The van der Waals surface area contributed by atoms with Gasteiger partial charge >= 0.3 is 6.18 Å². The Morgan fingerprint density at radius 2 is 2.00 bits per heavy atom. The molecule has 3 rings (SSSR count). The molecule has 0 aliphatic carbocycles. The van der Waals surface area contributed by atoms with Gasteiger partial charge in [0, 0.05) is 36.1 Å². The lowest BCUT2D eigenvalue weighted by atomic mass is 10.1. The largest absolute Gasteiger partial charge is 0.487 e. The fourth-order valence-electron chi connectivity index (χ4n) is 2.32. The van der Waals surface area contributed by atoms with Crippen molar-refractivity contribution in [2.75, 3.05) is 0 Å². The predicted molar refractivity (Wildman–Crippen MR) is 88.5 cm³/mol. The first-order chi connectivity index (χ1) is 12.7. The zero-order valence-corrected chi connectivity index (χ0v) is 14.1. The maximum atomic E-state index is 12.6. The highest BCUT2D eigenvalue weighted by Crippen LogP contribution is 2.31. The van der Waals surface area contributed by atoms with Crippen LogP contribution >= 0.6 is 0 Å². The Hall–Kier alpha value is -3.43. The summed E-state index contributed by atoms with van der Waals surface area (Å²) in [6, 6.07) is 3.64. The lowest BCUT2D eigenvalue weighted by molar-refractivity contribution is -0.141. The summed E-state index contributed by atoms with van der Waals surface area (Å²) >= 11 is 0. The summed E-state index contributed by atoms with van der Waals surface area (Å²) in [5, 5.41) is 4.07. The number of rotatable bonds is 5. The second kappa shape index (κ2) is 7.06. The van der Waals surface area contributed by atoms with E-state index in [1.165, 1.54) is 18.3 Å². The SMILES string of the molecule is Cn1cc(-c2cc(C(N)=O)ncc2OCc2ccc(C(F)(F)F)nc2)cn1. The van der Waals surface area contributed by atoms with Gasteiger partial charge < -0.3 is 10.5 Å². The van der Waals surface area contributed by atoms with Gasteiger partial charge in [-0.3, -0.25) is 14.5 Å². The molecule has 0 saturated carbocycles. The number of hydrogen-bond donors (Lipinski definition) is 1. The summed E-state index contributed by atoms with van der Waals surface area (Å²) < 4.78 is 45.0. The van der Waals surface area contributed by atoms with E-state index in [1.807, 2.05) is 0 Å². The Balaban J connectivity index is 1.85. The van der Waals surface area contributed by atoms with Crippen molar-refractivity contribution < 1.29 is 22.7 Å². The third kappa shape index (κ3) is 4.22. The first-order valence-corrected chi connectivity index (χ1v) is 7.68. The standard InChI is InChI=1S/C17H14F3N5O2/c1-25-8-11(6-24-25)12-4-13(16(21)26)22-7-14(12)27-9-10-2-3-15(23-5-10)17(18,19)20/h2-8H,9H2,1H3,(H2,21,26). The third-order valence-corrected chi connectivity index (χ3v) is 3.65. The highest BCUT2D eigenvalue weighted by molar-refractivity contribution is 5.92. The second-order valence-electron chi connectivity index (χ2n) is 5.67. The zero-order valence-electron chi connectivity index (χ0n) is 14.1. The van der Waals surface area contributed by atoms with Crippen molar-refractivity contribution in [1.29, 1.82) is 0 Å². The molecule has 0 saturated heterocycles. The van der Waals surface area contributed by atoms with Crippen LogP contribution in [0.1, 0.15) is 21.7 Å². The van der Waals surface area contributed by atoms with Crippen molar-refractivity contribution >= 4 is 5.91 Å². The van der Waals surface area contributed by atoms with E-state index in [1.54, 1.807) is 24.1 Å². The molecule has 7 nitrogen and oxygen atoms in total. The average Bonchev–Trinajstić information content (AvgIpc) is 3.05. The minimum absolute atomic E-state index is 0.0317. The summed E-state index contributed by atoms with van der Waals surface area (Å²) in [5.41, 5.74) is 5.99. The number of amides is 1. The molecule has 27 heavy (non-hydrogen) atoms. The van der Waals surface area contributed by atoms with Gasteiger partial charge in [0.1, 0.15) is 23.7 Å². The lowest BCUT2D eigenvalue weighted by Crippen LogP contribution is -2.13. The van der Waals surface area contributed by atoms with Gasteiger partial charge in [0.2, 0.25) is 0 Å². The number of nitrogens with two attached hydrogens (primary N) is 1. The van der Waals surface area contributed by atoms with Crippen LogP contribution in [-0.2, 0) is 19.8 Å². The Kier molecular flexibility index (Phi) is 4.80. The van der Waals surface area contributed by atoms with Gasteiger partial charge in [0.15, 0.2) is 0 Å². The van der Waals surface area contributed by atoms with Crippen LogP contribution in [0, 0.1) is 0 Å². The number of ether oxygens (including phenoxy) is 1. The zero-order chi connectivity index (χ0) is 19.6. The normalized spacial score (nSPS) is 11.4. The van der Waals surface area contributed by atoms with Gasteiger partial charge in [0.05, 0.1) is 12.4 Å². The highest BCUT2D eigenvalue weighted by atomic mass is 19.4. The molecule has 0 atom stereocenters. The first-order valence-electron chi connectivity index (χ1n) is 7.68. The monoisotopic (exact) mass is 377 g/mol. The van der Waals surface area contributed by atoms with E-state index < -0.39 is 17.8 Å². The Labute approximate surface area is 151 Å². The molecule has 0 fully saturated rings. The van der Waals surface area contributed by atoms with E-state index in [9.17, 15) is 18.0 Å². The minimum atomic E-state index is -4.50. The van der Waals surface area contributed by atoms with Crippen LogP contribution in [0.2, 0.25) is 0 Å². The van der Waals surface area contributed by atoms with Crippen molar-refractivity contribution in [3.8, 4) is 16.9 Å². The van der Waals surface area contributed by atoms with Gasteiger partial charge in [-0.1, -0.05) is 6.07 Å². The van der Waals surface area contributed by atoms with Gasteiger partial charge in [0.25, 0.3) is 5.91 Å². The van der Waals surface area contributed by atoms with Crippen LogP contribution in [0.15, 0.2) is 43.0 Å². The van der Waals surface area contributed by atoms with Crippen LogP contribution < -0.4 is 10.5 Å². The number of aryl methyl sites for hydroxylation is 1. The summed E-state index contributed by atoms with van der Waals surface area (Å²) in [6.45, 7) is -0.0317. The fourth-order valence-corrected chi connectivity index (χ4v) is 2.32. The molecular weight excluding hydrogens is 363 g/mol. The highest BCUT2D eigenvalue weighted by Gasteiger charge is 2.32. The molecule has 0 aliphatic heterocycles. The van der Waals surface area contributed by atoms with E-state index in [0.29, 0.717) is 22.4 Å². The van der Waals surface area contributed by atoms with Crippen molar-refractivity contribution in [3.05, 3.63) is 59.9 Å². The van der Waals surface area contributed by atoms with E-state index in [4.69, 9.17) is 10.5 Å². The molecule has 3 heterocycles. The molecule has 1 amide bonds.